The normalized spacial score (nSPS) is 15.0. The molecule has 1 aromatic heterocycles. The van der Waals surface area contributed by atoms with Crippen molar-refractivity contribution in [2.75, 3.05) is 44.7 Å². The molecule has 0 aliphatic carbocycles. The van der Waals surface area contributed by atoms with Crippen LogP contribution in [0.25, 0.3) is 0 Å². The van der Waals surface area contributed by atoms with Crippen molar-refractivity contribution in [2.24, 2.45) is 4.99 Å². The Balaban J connectivity index is 0.00000300. The minimum Gasteiger partial charge on any atom is -0.357 e. The third-order valence-electron chi connectivity index (χ3n) is 4.77. The molecule has 0 bridgehead atoms. The summed E-state index contributed by atoms with van der Waals surface area (Å²) in [5, 5.41) is 6.54. The van der Waals surface area contributed by atoms with E-state index in [-0.39, 0.29) is 29.8 Å². The lowest BCUT2D eigenvalue weighted by atomic mass is 10.2. The Morgan fingerprint density at radius 2 is 1.79 bits per heavy atom. The number of nitrogens with zero attached hydrogens (tertiary/aromatic N) is 4. The average Bonchev–Trinajstić information content (AvgIpc) is 2.72. The van der Waals surface area contributed by atoms with Crippen LogP contribution in [0, 0.1) is 5.82 Å². The summed E-state index contributed by atoms with van der Waals surface area (Å²) in [6, 6.07) is 10.6. The number of guanidine groups is 1. The minimum absolute atomic E-state index is 0. The molecule has 0 radical (unpaired) electrons. The number of halogens is 2. The molecular formula is C21H30FIN6. The number of piperazine rings is 1. The van der Waals surface area contributed by atoms with Gasteiger partial charge in [0.1, 0.15) is 11.6 Å². The van der Waals surface area contributed by atoms with E-state index in [1.807, 2.05) is 19.2 Å². The van der Waals surface area contributed by atoms with Crippen molar-refractivity contribution >= 4 is 35.8 Å². The molecule has 0 spiro atoms. The van der Waals surface area contributed by atoms with Gasteiger partial charge < -0.3 is 20.4 Å². The topological polar surface area (TPSA) is 55.8 Å². The standard InChI is InChI=1S/C21H29FN6.HI/c1-3-23-21(25-15-17-4-6-19(22)7-5-17)26-16-18-8-9-24-20(14-18)28-12-10-27(2)11-13-28;/h4-9,14H,3,10-13,15-16H2,1-2H3,(H2,23,25,26);1H. The number of likely N-dealkylation sites (N-methyl/N-ethyl adjacent to an activating group) is 1. The monoisotopic (exact) mass is 512 g/mol. The zero-order chi connectivity index (χ0) is 19.8. The van der Waals surface area contributed by atoms with Gasteiger partial charge in [-0.05, 0) is 49.4 Å². The maximum Gasteiger partial charge on any atom is 0.191 e. The van der Waals surface area contributed by atoms with Crippen LogP contribution in [-0.4, -0.2) is 55.6 Å². The van der Waals surface area contributed by atoms with Crippen molar-refractivity contribution in [3.8, 4) is 0 Å². The summed E-state index contributed by atoms with van der Waals surface area (Å²) in [6.45, 7) is 8.09. The summed E-state index contributed by atoms with van der Waals surface area (Å²) in [5.74, 6) is 1.54. The first kappa shape index (κ1) is 23.3. The lowest BCUT2D eigenvalue weighted by Gasteiger charge is -2.33. The second-order valence-electron chi connectivity index (χ2n) is 6.99. The fourth-order valence-corrected chi connectivity index (χ4v) is 3.07. The van der Waals surface area contributed by atoms with Crippen LogP contribution in [0.1, 0.15) is 18.1 Å². The van der Waals surface area contributed by atoms with E-state index in [1.165, 1.54) is 12.1 Å². The van der Waals surface area contributed by atoms with Gasteiger partial charge in [0.05, 0.1) is 6.54 Å². The number of hydrogen-bond donors (Lipinski definition) is 2. The highest BCUT2D eigenvalue weighted by atomic mass is 127. The molecule has 2 N–H and O–H groups in total. The van der Waals surface area contributed by atoms with Crippen molar-refractivity contribution in [1.82, 2.24) is 20.5 Å². The summed E-state index contributed by atoms with van der Waals surface area (Å²) in [5.41, 5.74) is 2.14. The van der Waals surface area contributed by atoms with E-state index in [1.54, 1.807) is 12.1 Å². The molecule has 1 aliphatic rings. The predicted molar refractivity (Wildman–Crippen MR) is 127 cm³/mol. The van der Waals surface area contributed by atoms with Crippen LogP contribution in [0.4, 0.5) is 10.2 Å². The summed E-state index contributed by atoms with van der Waals surface area (Å²) in [4.78, 5) is 13.9. The van der Waals surface area contributed by atoms with Crippen molar-refractivity contribution in [1.29, 1.82) is 0 Å². The molecule has 158 valence electrons. The number of nitrogens with one attached hydrogen (secondary N) is 2. The second kappa shape index (κ2) is 11.9. The van der Waals surface area contributed by atoms with Crippen LogP contribution in [0.3, 0.4) is 0 Å². The highest BCUT2D eigenvalue weighted by Gasteiger charge is 2.15. The van der Waals surface area contributed by atoms with Crippen LogP contribution in [0.15, 0.2) is 47.6 Å². The molecule has 0 atom stereocenters. The number of anilines is 1. The Morgan fingerprint density at radius 1 is 1.07 bits per heavy atom. The number of aliphatic imine (C=N–C) groups is 1. The molecule has 2 aromatic rings. The maximum absolute atomic E-state index is 13.0. The van der Waals surface area contributed by atoms with Crippen LogP contribution in [-0.2, 0) is 13.1 Å². The smallest absolute Gasteiger partial charge is 0.191 e. The lowest BCUT2D eigenvalue weighted by molar-refractivity contribution is 0.312. The molecule has 6 nitrogen and oxygen atoms in total. The van der Waals surface area contributed by atoms with Gasteiger partial charge in [0.2, 0.25) is 0 Å². The minimum atomic E-state index is -0.224. The third-order valence-corrected chi connectivity index (χ3v) is 4.77. The van der Waals surface area contributed by atoms with Crippen LogP contribution in [0.5, 0.6) is 0 Å². The van der Waals surface area contributed by atoms with Gasteiger partial charge in [-0.1, -0.05) is 12.1 Å². The lowest BCUT2D eigenvalue weighted by Crippen LogP contribution is -2.44. The van der Waals surface area contributed by atoms with E-state index in [0.29, 0.717) is 13.1 Å². The van der Waals surface area contributed by atoms with Crippen LogP contribution >= 0.6 is 24.0 Å². The first-order valence-electron chi connectivity index (χ1n) is 9.79. The highest BCUT2D eigenvalue weighted by molar-refractivity contribution is 14.0. The molecule has 2 heterocycles. The average molecular weight is 512 g/mol. The Morgan fingerprint density at radius 3 is 2.48 bits per heavy atom. The third kappa shape index (κ3) is 7.43. The molecule has 0 amide bonds. The van der Waals surface area contributed by atoms with Gasteiger partial charge in [0, 0.05) is 45.5 Å². The number of hydrogen-bond acceptors (Lipinski definition) is 4. The number of rotatable bonds is 6. The largest absolute Gasteiger partial charge is 0.357 e. The molecule has 1 fully saturated rings. The van der Waals surface area contributed by atoms with Gasteiger partial charge in [-0.2, -0.15) is 0 Å². The van der Waals surface area contributed by atoms with E-state index in [4.69, 9.17) is 0 Å². The molecule has 0 unspecified atom stereocenters. The van der Waals surface area contributed by atoms with Gasteiger partial charge in [-0.25, -0.2) is 14.4 Å². The SMILES string of the molecule is CCNC(=NCc1ccnc(N2CCN(C)CC2)c1)NCc1ccc(F)cc1.I. The molecule has 29 heavy (non-hydrogen) atoms. The van der Waals surface area contributed by atoms with E-state index in [2.05, 4.69) is 43.5 Å². The molecule has 1 saturated heterocycles. The van der Waals surface area contributed by atoms with Crippen molar-refractivity contribution in [2.45, 2.75) is 20.0 Å². The van der Waals surface area contributed by atoms with E-state index < -0.39 is 0 Å². The summed E-state index contributed by atoms with van der Waals surface area (Å²) in [7, 11) is 2.15. The van der Waals surface area contributed by atoms with Gasteiger partial charge in [0.25, 0.3) is 0 Å². The molecule has 3 rings (SSSR count). The quantitative estimate of drug-likeness (QED) is 0.354. The van der Waals surface area contributed by atoms with Gasteiger partial charge >= 0.3 is 0 Å². The highest BCUT2D eigenvalue weighted by Crippen LogP contribution is 2.15. The fraction of sp³-hybridized carbons (Fsp3) is 0.429. The maximum atomic E-state index is 13.0. The Bertz CT molecular complexity index is 775. The van der Waals surface area contributed by atoms with Gasteiger partial charge in [-0.15, -0.1) is 24.0 Å². The van der Waals surface area contributed by atoms with E-state index in [9.17, 15) is 4.39 Å². The summed E-state index contributed by atoms with van der Waals surface area (Å²) >= 11 is 0. The molecular weight excluding hydrogens is 482 g/mol. The molecule has 1 aliphatic heterocycles. The number of benzene rings is 1. The first-order chi connectivity index (χ1) is 13.6. The predicted octanol–water partition coefficient (Wildman–Crippen LogP) is 2.85. The van der Waals surface area contributed by atoms with Crippen LogP contribution < -0.4 is 15.5 Å². The van der Waals surface area contributed by atoms with Crippen LogP contribution in [0.2, 0.25) is 0 Å². The zero-order valence-electron chi connectivity index (χ0n) is 17.1. The molecule has 8 heteroatoms. The van der Waals surface area contributed by atoms with E-state index >= 15 is 0 Å². The van der Waals surface area contributed by atoms with Crippen molar-refractivity contribution in [3.63, 3.8) is 0 Å². The van der Waals surface area contributed by atoms with Gasteiger partial charge in [-0.3, -0.25) is 0 Å². The Labute approximate surface area is 189 Å². The first-order valence-corrected chi connectivity index (χ1v) is 9.79. The Kier molecular flexibility index (Phi) is 9.59. The van der Waals surface area contributed by atoms with Gasteiger partial charge in [0.15, 0.2) is 5.96 Å². The fourth-order valence-electron chi connectivity index (χ4n) is 3.07. The second-order valence-corrected chi connectivity index (χ2v) is 6.99. The van der Waals surface area contributed by atoms with E-state index in [0.717, 1.165) is 55.6 Å². The summed E-state index contributed by atoms with van der Waals surface area (Å²) < 4.78 is 13.0. The van der Waals surface area contributed by atoms with Crippen molar-refractivity contribution < 1.29 is 4.39 Å². The molecule has 1 aromatic carbocycles. The van der Waals surface area contributed by atoms with Crippen molar-refractivity contribution in [3.05, 3.63) is 59.5 Å². The number of pyridine rings is 1. The number of aromatic nitrogens is 1. The summed E-state index contributed by atoms with van der Waals surface area (Å²) in [6.07, 6.45) is 1.86. The molecule has 0 saturated carbocycles. The zero-order valence-corrected chi connectivity index (χ0v) is 19.4. The Hall–Kier alpha value is -1.94.